The molecule has 0 radical (unpaired) electrons. The predicted octanol–water partition coefficient (Wildman–Crippen LogP) is 2.05. The Morgan fingerprint density at radius 1 is 0.759 bits per heavy atom. The van der Waals surface area contributed by atoms with Crippen molar-refractivity contribution in [2.24, 2.45) is 0 Å². The van der Waals surface area contributed by atoms with E-state index in [-0.39, 0.29) is 25.7 Å². The van der Waals surface area contributed by atoms with Gasteiger partial charge in [0.2, 0.25) is 0 Å². The first-order valence-electron chi connectivity index (χ1n) is 8.80. The Balaban J connectivity index is 1.62. The minimum atomic E-state index is -1.52. The van der Waals surface area contributed by atoms with Gasteiger partial charge < -0.3 is 33.9 Å². The molecule has 1 fully saturated rings. The van der Waals surface area contributed by atoms with E-state index in [1.54, 1.807) is 0 Å². The number of benzene rings is 1. The lowest BCUT2D eigenvalue weighted by atomic mass is 9.80. The monoisotopic (exact) mass is 408 g/mol. The maximum absolute atomic E-state index is 11.5. The third kappa shape index (κ3) is 3.89. The molecule has 3 aliphatic rings. The topological polar surface area (TPSA) is 155 Å². The number of hydrogen-bond acceptors (Lipinski definition) is 9. The van der Waals surface area contributed by atoms with Crippen LogP contribution in [0.15, 0.2) is 12.1 Å². The second-order valence-corrected chi connectivity index (χ2v) is 6.97. The lowest BCUT2D eigenvalue weighted by Crippen LogP contribution is -2.42. The number of carboxylic acid groups (broad SMARTS) is 2. The van der Waals surface area contributed by atoms with Crippen LogP contribution in [0.5, 0.6) is 0 Å². The fourth-order valence-electron chi connectivity index (χ4n) is 4.04. The number of ether oxygens (including phenoxy) is 5. The van der Waals surface area contributed by atoms with Gasteiger partial charge in [-0.1, -0.05) is 12.1 Å². The van der Waals surface area contributed by atoms with E-state index in [9.17, 15) is 19.2 Å². The standard InChI is InChI=1S/C18H16O11/c19-15(20)25-11-3-7-1-9-5-13-14(28-18(24)29-17(23)27-13)6-10(9)2-8(7)4-12(11)26-16(21)22/h1-2,11-14H,3-6H2,(H,19,20)(H,21,22). The molecule has 0 bridgehead atoms. The van der Waals surface area contributed by atoms with Crippen LogP contribution in [0, 0.1) is 0 Å². The van der Waals surface area contributed by atoms with Gasteiger partial charge in [-0.3, -0.25) is 0 Å². The van der Waals surface area contributed by atoms with Gasteiger partial charge in [0.05, 0.1) is 0 Å². The fraction of sp³-hybridized carbons (Fsp3) is 0.444. The van der Waals surface area contributed by atoms with Crippen LogP contribution in [0.1, 0.15) is 22.3 Å². The van der Waals surface area contributed by atoms with Crippen molar-refractivity contribution in [3.63, 3.8) is 0 Å². The molecule has 154 valence electrons. The highest BCUT2D eigenvalue weighted by molar-refractivity contribution is 5.78. The van der Waals surface area contributed by atoms with Gasteiger partial charge in [-0.05, 0) is 22.3 Å². The molecule has 29 heavy (non-hydrogen) atoms. The molecular weight excluding hydrogens is 392 g/mol. The zero-order chi connectivity index (χ0) is 20.7. The SMILES string of the molecule is O=C(O)OC1Cc2cc3c(cc2CC1OC(=O)O)CC1OC(=O)OC(=O)OC1C3. The number of fused-ring (bicyclic) bond motifs is 3. The smallest absolute Gasteiger partial charge is 0.450 e. The van der Waals surface area contributed by atoms with Crippen LogP contribution >= 0.6 is 0 Å². The first-order chi connectivity index (χ1) is 13.8. The van der Waals surface area contributed by atoms with Crippen molar-refractivity contribution < 1.29 is 53.1 Å². The molecule has 0 amide bonds. The average Bonchev–Trinajstić information content (AvgIpc) is 2.73. The maximum Gasteiger partial charge on any atom is 0.519 e. The summed E-state index contributed by atoms with van der Waals surface area (Å²) in [6.45, 7) is 0. The largest absolute Gasteiger partial charge is 0.519 e. The second-order valence-electron chi connectivity index (χ2n) is 6.97. The Kier molecular flexibility index (Phi) is 4.65. The summed E-state index contributed by atoms with van der Waals surface area (Å²) >= 11 is 0. The number of carbonyl (C=O) groups is 4. The van der Waals surface area contributed by atoms with Crippen molar-refractivity contribution >= 4 is 24.6 Å². The summed E-state index contributed by atoms with van der Waals surface area (Å²) in [6, 6.07) is 3.69. The first-order valence-corrected chi connectivity index (χ1v) is 8.80. The Bertz CT molecular complexity index is 821. The van der Waals surface area contributed by atoms with E-state index in [4.69, 9.17) is 29.2 Å². The van der Waals surface area contributed by atoms with Crippen LogP contribution in [0.25, 0.3) is 0 Å². The molecule has 4 rings (SSSR count). The summed E-state index contributed by atoms with van der Waals surface area (Å²) in [7, 11) is 0. The molecule has 1 saturated heterocycles. The Morgan fingerprint density at radius 3 is 1.52 bits per heavy atom. The van der Waals surface area contributed by atoms with Crippen molar-refractivity contribution in [2.75, 3.05) is 0 Å². The van der Waals surface area contributed by atoms with Crippen molar-refractivity contribution in [1.82, 2.24) is 0 Å². The number of cyclic esters (lactones) is 2. The quantitative estimate of drug-likeness (QED) is 0.419. The minimum Gasteiger partial charge on any atom is -0.450 e. The Labute approximate surface area is 163 Å². The average molecular weight is 408 g/mol. The fourth-order valence-corrected chi connectivity index (χ4v) is 4.04. The molecule has 1 aliphatic heterocycles. The summed E-state index contributed by atoms with van der Waals surface area (Å²) < 4.78 is 24.2. The predicted molar refractivity (Wildman–Crippen MR) is 88.7 cm³/mol. The van der Waals surface area contributed by atoms with Gasteiger partial charge in [-0.15, -0.1) is 0 Å². The normalized spacial score (nSPS) is 27.6. The Morgan fingerprint density at radius 2 is 1.14 bits per heavy atom. The summed E-state index contributed by atoms with van der Waals surface area (Å²) in [6.07, 6.45) is -7.78. The van der Waals surface area contributed by atoms with Crippen LogP contribution in [-0.2, 0) is 49.4 Å². The molecular formula is C18H16O11. The van der Waals surface area contributed by atoms with Gasteiger partial charge in [-0.25, -0.2) is 19.2 Å². The zero-order valence-electron chi connectivity index (χ0n) is 14.9. The Hall–Kier alpha value is -3.50. The van der Waals surface area contributed by atoms with E-state index < -0.39 is 49.0 Å². The van der Waals surface area contributed by atoms with Crippen LogP contribution < -0.4 is 0 Å². The summed E-state index contributed by atoms with van der Waals surface area (Å²) in [4.78, 5) is 44.9. The van der Waals surface area contributed by atoms with Gasteiger partial charge in [-0.2, -0.15) is 0 Å². The molecule has 2 aliphatic carbocycles. The lowest BCUT2D eigenvalue weighted by Gasteiger charge is -2.34. The van der Waals surface area contributed by atoms with Crippen LogP contribution in [0.3, 0.4) is 0 Å². The molecule has 1 aromatic rings. The molecule has 1 aromatic carbocycles. The summed E-state index contributed by atoms with van der Waals surface area (Å²) in [5.74, 6) is 0. The maximum atomic E-state index is 11.5. The molecule has 1 heterocycles. The molecule has 0 spiro atoms. The molecule has 0 saturated carbocycles. The first kappa shape index (κ1) is 18.8. The molecule has 0 aromatic heterocycles. The van der Waals surface area contributed by atoms with E-state index in [1.807, 2.05) is 12.1 Å². The van der Waals surface area contributed by atoms with Gasteiger partial charge in [0.1, 0.15) is 24.4 Å². The third-order valence-electron chi connectivity index (χ3n) is 5.20. The molecule has 11 nitrogen and oxygen atoms in total. The van der Waals surface area contributed by atoms with E-state index in [2.05, 4.69) is 4.74 Å². The lowest BCUT2D eigenvalue weighted by molar-refractivity contribution is -0.0436. The minimum absolute atomic E-state index is 0.138. The number of carbonyl (C=O) groups excluding carboxylic acids is 2. The molecule has 4 unspecified atom stereocenters. The van der Waals surface area contributed by atoms with Crippen LogP contribution in [-0.4, -0.2) is 59.3 Å². The van der Waals surface area contributed by atoms with Crippen LogP contribution in [0.2, 0.25) is 0 Å². The van der Waals surface area contributed by atoms with Crippen molar-refractivity contribution in [2.45, 2.75) is 50.1 Å². The second kappa shape index (κ2) is 7.15. The van der Waals surface area contributed by atoms with Gasteiger partial charge >= 0.3 is 24.6 Å². The molecule has 11 heteroatoms. The molecule has 2 N–H and O–H groups in total. The van der Waals surface area contributed by atoms with E-state index in [1.165, 1.54) is 0 Å². The van der Waals surface area contributed by atoms with E-state index >= 15 is 0 Å². The number of hydrogen-bond donors (Lipinski definition) is 2. The van der Waals surface area contributed by atoms with Gasteiger partial charge in [0.15, 0.2) is 0 Å². The highest BCUT2D eigenvalue weighted by Crippen LogP contribution is 2.34. The zero-order valence-corrected chi connectivity index (χ0v) is 14.9. The van der Waals surface area contributed by atoms with E-state index in [0.29, 0.717) is 0 Å². The van der Waals surface area contributed by atoms with E-state index in [0.717, 1.165) is 22.3 Å². The van der Waals surface area contributed by atoms with Crippen molar-refractivity contribution in [3.8, 4) is 0 Å². The summed E-state index contributed by atoms with van der Waals surface area (Å²) in [5, 5.41) is 17.9. The van der Waals surface area contributed by atoms with Crippen molar-refractivity contribution in [3.05, 3.63) is 34.4 Å². The number of rotatable bonds is 2. The highest BCUT2D eigenvalue weighted by Gasteiger charge is 2.41. The van der Waals surface area contributed by atoms with Gasteiger partial charge in [0, 0.05) is 25.7 Å². The highest BCUT2D eigenvalue weighted by atomic mass is 16.8. The summed E-state index contributed by atoms with van der Waals surface area (Å²) in [5.41, 5.74) is 3.27. The van der Waals surface area contributed by atoms with Gasteiger partial charge in [0.25, 0.3) is 0 Å². The molecule has 4 atom stereocenters. The third-order valence-corrected chi connectivity index (χ3v) is 5.20. The van der Waals surface area contributed by atoms with Crippen LogP contribution in [0.4, 0.5) is 19.2 Å². The van der Waals surface area contributed by atoms with Crippen molar-refractivity contribution in [1.29, 1.82) is 0 Å².